The molecule has 4 nitrogen and oxygen atoms in total. The molecule has 2 aromatic rings. The van der Waals surface area contributed by atoms with Crippen molar-refractivity contribution in [1.82, 2.24) is 10.2 Å². The van der Waals surface area contributed by atoms with Gasteiger partial charge in [-0.3, -0.25) is 9.69 Å². The number of para-hydroxylation sites is 1. The Morgan fingerprint density at radius 1 is 1.17 bits per heavy atom. The fraction of sp³-hybridized carbons (Fsp3) is 0.480. The summed E-state index contributed by atoms with van der Waals surface area (Å²) in [6.07, 6.45) is 4.67. The number of carbonyl (C=O) groups is 1. The van der Waals surface area contributed by atoms with Crippen LogP contribution in [-0.2, 0) is 17.8 Å². The predicted molar refractivity (Wildman–Crippen MR) is 123 cm³/mol. The average Bonchev–Trinajstić information content (AvgIpc) is 2.76. The average molecular weight is 429 g/mol. The second kappa shape index (κ2) is 12.0. The van der Waals surface area contributed by atoms with Crippen LogP contribution in [0.15, 0.2) is 48.5 Å². The highest BCUT2D eigenvalue weighted by Crippen LogP contribution is 2.21. The van der Waals surface area contributed by atoms with E-state index in [1.54, 1.807) is 0 Å². The van der Waals surface area contributed by atoms with E-state index in [0.717, 1.165) is 69.1 Å². The second-order valence-corrected chi connectivity index (χ2v) is 8.47. The number of aryl methyl sites for hydroxylation is 1. The third-order valence-corrected chi connectivity index (χ3v) is 5.85. The summed E-state index contributed by atoms with van der Waals surface area (Å²) >= 11 is 6.08. The van der Waals surface area contributed by atoms with Crippen molar-refractivity contribution in [2.24, 2.45) is 5.92 Å². The Balaban J connectivity index is 1.35. The third-order valence-electron chi connectivity index (χ3n) is 5.61. The van der Waals surface area contributed by atoms with Gasteiger partial charge < -0.3 is 10.1 Å². The highest BCUT2D eigenvalue weighted by Gasteiger charge is 2.24. The highest BCUT2D eigenvalue weighted by atomic mass is 35.5. The van der Waals surface area contributed by atoms with E-state index < -0.39 is 0 Å². The smallest absolute Gasteiger partial charge is 0.223 e. The van der Waals surface area contributed by atoms with Gasteiger partial charge in [0.1, 0.15) is 5.75 Å². The van der Waals surface area contributed by atoms with E-state index in [-0.39, 0.29) is 11.8 Å². The minimum atomic E-state index is 0.126. The van der Waals surface area contributed by atoms with Crippen molar-refractivity contribution in [3.8, 4) is 5.75 Å². The first kappa shape index (κ1) is 22.6. The van der Waals surface area contributed by atoms with Gasteiger partial charge >= 0.3 is 0 Å². The van der Waals surface area contributed by atoms with E-state index in [4.69, 9.17) is 16.3 Å². The van der Waals surface area contributed by atoms with Crippen molar-refractivity contribution in [1.29, 1.82) is 0 Å². The van der Waals surface area contributed by atoms with E-state index in [1.807, 2.05) is 36.4 Å². The van der Waals surface area contributed by atoms with Crippen molar-refractivity contribution in [2.45, 2.75) is 45.6 Å². The SMILES string of the molecule is CCCOc1ccccc1CCCNC(=O)C1CCN(Cc2cccc(Cl)c2)CC1. The molecule has 0 aromatic heterocycles. The number of nitrogens with one attached hydrogen (secondary N) is 1. The van der Waals surface area contributed by atoms with E-state index in [1.165, 1.54) is 11.1 Å². The standard InChI is InChI=1S/C25H33ClN2O2/c1-2-17-30-24-11-4-3-8-21(24)9-6-14-27-25(29)22-12-15-28(16-13-22)19-20-7-5-10-23(26)18-20/h3-5,7-8,10-11,18,22H,2,6,9,12-17,19H2,1H3,(H,27,29). The molecular formula is C25H33ClN2O2. The summed E-state index contributed by atoms with van der Waals surface area (Å²) in [6, 6.07) is 16.2. The molecule has 30 heavy (non-hydrogen) atoms. The van der Waals surface area contributed by atoms with Crippen molar-refractivity contribution in [3.05, 3.63) is 64.7 Å². The van der Waals surface area contributed by atoms with E-state index in [2.05, 4.69) is 29.3 Å². The molecule has 1 aliphatic rings. The minimum absolute atomic E-state index is 0.126. The molecule has 0 aliphatic carbocycles. The zero-order chi connectivity index (χ0) is 21.2. The number of benzene rings is 2. The van der Waals surface area contributed by atoms with Gasteiger partial charge in [-0.25, -0.2) is 0 Å². The molecule has 5 heteroatoms. The summed E-state index contributed by atoms with van der Waals surface area (Å²) in [6.45, 7) is 6.36. The quantitative estimate of drug-likeness (QED) is 0.536. The lowest BCUT2D eigenvalue weighted by atomic mass is 9.95. The Bertz CT molecular complexity index is 803. The zero-order valence-electron chi connectivity index (χ0n) is 17.9. The summed E-state index contributed by atoms with van der Waals surface area (Å²) in [5.74, 6) is 1.30. The van der Waals surface area contributed by atoms with Gasteiger partial charge in [0.05, 0.1) is 6.61 Å². The molecule has 0 unspecified atom stereocenters. The van der Waals surface area contributed by atoms with Crippen LogP contribution in [0.5, 0.6) is 5.75 Å². The van der Waals surface area contributed by atoms with Crippen molar-refractivity contribution in [3.63, 3.8) is 0 Å². The molecule has 1 heterocycles. The first-order valence-electron chi connectivity index (χ1n) is 11.1. The predicted octanol–water partition coefficient (Wildman–Crippen LogP) is 5.09. The Kier molecular flexibility index (Phi) is 9.03. The highest BCUT2D eigenvalue weighted by molar-refractivity contribution is 6.30. The van der Waals surface area contributed by atoms with Crippen LogP contribution in [0.1, 0.15) is 43.7 Å². The summed E-state index contributed by atoms with van der Waals surface area (Å²) in [5.41, 5.74) is 2.45. The second-order valence-electron chi connectivity index (χ2n) is 8.03. The normalized spacial score (nSPS) is 15.1. The van der Waals surface area contributed by atoms with Gasteiger partial charge in [-0.1, -0.05) is 48.9 Å². The topological polar surface area (TPSA) is 41.6 Å². The van der Waals surface area contributed by atoms with Crippen LogP contribution >= 0.6 is 11.6 Å². The van der Waals surface area contributed by atoms with Crippen LogP contribution in [0.3, 0.4) is 0 Å². The Morgan fingerprint density at radius 3 is 2.73 bits per heavy atom. The van der Waals surface area contributed by atoms with Gasteiger partial charge in [0.2, 0.25) is 5.91 Å². The molecule has 0 atom stereocenters. The van der Waals surface area contributed by atoms with Gasteiger partial charge in [-0.05, 0) is 74.5 Å². The van der Waals surface area contributed by atoms with Crippen molar-refractivity contribution >= 4 is 17.5 Å². The third kappa shape index (κ3) is 7.03. The van der Waals surface area contributed by atoms with Crippen LogP contribution in [-0.4, -0.2) is 37.0 Å². The number of halogens is 1. The summed E-state index contributed by atoms with van der Waals surface area (Å²) in [5, 5.41) is 3.92. The Hall–Kier alpha value is -2.04. The number of carbonyl (C=O) groups excluding carboxylic acids is 1. The molecule has 0 saturated carbocycles. The molecule has 1 saturated heterocycles. The maximum atomic E-state index is 12.6. The lowest BCUT2D eigenvalue weighted by Gasteiger charge is -2.31. The van der Waals surface area contributed by atoms with E-state index in [9.17, 15) is 4.79 Å². The number of hydrogen-bond acceptors (Lipinski definition) is 3. The summed E-state index contributed by atoms with van der Waals surface area (Å²) in [7, 11) is 0. The number of ether oxygens (including phenoxy) is 1. The molecule has 162 valence electrons. The van der Waals surface area contributed by atoms with Crippen LogP contribution in [0.2, 0.25) is 5.02 Å². The van der Waals surface area contributed by atoms with Crippen LogP contribution < -0.4 is 10.1 Å². The van der Waals surface area contributed by atoms with Gasteiger partial charge in [-0.2, -0.15) is 0 Å². The van der Waals surface area contributed by atoms with E-state index >= 15 is 0 Å². The maximum Gasteiger partial charge on any atom is 0.223 e. The lowest BCUT2D eigenvalue weighted by Crippen LogP contribution is -2.40. The fourth-order valence-electron chi connectivity index (χ4n) is 3.94. The molecule has 2 aromatic carbocycles. The number of likely N-dealkylation sites (tertiary alicyclic amines) is 1. The fourth-order valence-corrected chi connectivity index (χ4v) is 4.16. The summed E-state index contributed by atoms with van der Waals surface area (Å²) < 4.78 is 5.82. The Labute approximate surface area is 185 Å². The molecule has 1 amide bonds. The summed E-state index contributed by atoms with van der Waals surface area (Å²) in [4.78, 5) is 15.0. The zero-order valence-corrected chi connectivity index (χ0v) is 18.7. The molecule has 0 radical (unpaired) electrons. The first-order valence-corrected chi connectivity index (χ1v) is 11.5. The molecule has 1 aliphatic heterocycles. The van der Waals surface area contributed by atoms with Crippen LogP contribution in [0, 0.1) is 5.92 Å². The van der Waals surface area contributed by atoms with Gasteiger partial charge in [0, 0.05) is 24.0 Å². The van der Waals surface area contributed by atoms with E-state index in [0.29, 0.717) is 6.54 Å². The number of piperidine rings is 1. The number of nitrogens with zero attached hydrogens (tertiary/aromatic N) is 1. The molecule has 0 bridgehead atoms. The Morgan fingerprint density at radius 2 is 1.97 bits per heavy atom. The molecule has 1 N–H and O–H groups in total. The number of rotatable bonds is 10. The monoisotopic (exact) mass is 428 g/mol. The maximum absolute atomic E-state index is 12.6. The minimum Gasteiger partial charge on any atom is -0.493 e. The van der Waals surface area contributed by atoms with Crippen molar-refractivity contribution in [2.75, 3.05) is 26.2 Å². The number of amides is 1. The van der Waals surface area contributed by atoms with Crippen molar-refractivity contribution < 1.29 is 9.53 Å². The first-order chi connectivity index (χ1) is 14.7. The lowest BCUT2D eigenvalue weighted by molar-refractivity contribution is -0.126. The molecule has 0 spiro atoms. The van der Waals surface area contributed by atoms with Crippen LogP contribution in [0.25, 0.3) is 0 Å². The van der Waals surface area contributed by atoms with Gasteiger partial charge in [-0.15, -0.1) is 0 Å². The molecule has 1 fully saturated rings. The number of hydrogen-bond donors (Lipinski definition) is 1. The largest absolute Gasteiger partial charge is 0.493 e. The van der Waals surface area contributed by atoms with Gasteiger partial charge in [0.15, 0.2) is 0 Å². The molecular weight excluding hydrogens is 396 g/mol. The molecule has 3 rings (SSSR count). The van der Waals surface area contributed by atoms with Crippen LogP contribution in [0.4, 0.5) is 0 Å². The van der Waals surface area contributed by atoms with Gasteiger partial charge in [0.25, 0.3) is 0 Å².